The molecule has 1 aromatic heterocycles. The Morgan fingerprint density at radius 2 is 1.77 bits per heavy atom. The van der Waals surface area contributed by atoms with E-state index in [-0.39, 0.29) is 21.6 Å². The number of benzene rings is 2. The van der Waals surface area contributed by atoms with Crippen LogP contribution in [-0.2, 0) is 15.4 Å². The molecule has 158 valence electrons. The summed E-state index contributed by atoms with van der Waals surface area (Å²) in [6.45, 7) is 7.81. The van der Waals surface area contributed by atoms with Crippen LogP contribution in [0.25, 0.3) is 0 Å². The Balaban J connectivity index is 1.84. The molecule has 3 rings (SSSR count). The highest BCUT2D eigenvalue weighted by molar-refractivity contribution is 7.92. The van der Waals surface area contributed by atoms with Crippen LogP contribution in [0.2, 0.25) is 0 Å². The van der Waals surface area contributed by atoms with Gasteiger partial charge in [0.05, 0.1) is 10.6 Å². The first-order valence-electron chi connectivity index (χ1n) is 9.12. The molecule has 0 radical (unpaired) electrons. The van der Waals surface area contributed by atoms with E-state index in [1.165, 1.54) is 35.6 Å². The molecule has 0 fully saturated rings. The van der Waals surface area contributed by atoms with Crippen molar-refractivity contribution in [2.24, 2.45) is 0 Å². The van der Waals surface area contributed by atoms with Gasteiger partial charge in [0.25, 0.3) is 15.9 Å². The third-order valence-electron chi connectivity index (χ3n) is 4.35. The van der Waals surface area contributed by atoms with Gasteiger partial charge < -0.3 is 0 Å². The number of thiazole rings is 1. The Morgan fingerprint density at radius 1 is 1.10 bits per heavy atom. The average Bonchev–Trinajstić information content (AvgIpc) is 3.12. The van der Waals surface area contributed by atoms with Gasteiger partial charge in [-0.2, -0.15) is 0 Å². The SMILES string of the molecule is Cc1ccc(S(=O)(=O)Nc2ccc(F)cc2)cc1C(=O)Nc1nc(C(C)(C)C)cs1. The molecule has 0 bridgehead atoms. The summed E-state index contributed by atoms with van der Waals surface area (Å²) in [5.41, 5.74) is 1.79. The van der Waals surface area contributed by atoms with Crippen molar-refractivity contribution in [3.8, 4) is 0 Å². The van der Waals surface area contributed by atoms with Gasteiger partial charge in [0.2, 0.25) is 0 Å². The molecule has 0 saturated carbocycles. The van der Waals surface area contributed by atoms with E-state index in [1.54, 1.807) is 13.0 Å². The number of hydrogen-bond donors (Lipinski definition) is 2. The van der Waals surface area contributed by atoms with Crippen LogP contribution in [0.4, 0.5) is 15.2 Å². The summed E-state index contributed by atoms with van der Waals surface area (Å²) in [5.74, 6) is -0.912. The van der Waals surface area contributed by atoms with Gasteiger partial charge in [-0.15, -0.1) is 11.3 Å². The molecule has 1 heterocycles. The van der Waals surface area contributed by atoms with Crippen LogP contribution >= 0.6 is 11.3 Å². The zero-order chi connectivity index (χ0) is 22.1. The summed E-state index contributed by atoms with van der Waals surface area (Å²) in [6.07, 6.45) is 0. The molecule has 2 N–H and O–H groups in total. The van der Waals surface area contributed by atoms with Crippen molar-refractivity contribution in [2.75, 3.05) is 10.0 Å². The maximum atomic E-state index is 13.0. The maximum absolute atomic E-state index is 13.0. The summed E-state index contributed by atoms with van der Waals surface area (Å²) in [6, 6.07) is 9.26. The average molecular weight is 448 g/mol. The van der Waals surface area contributed by atoms with Crippen molar-refractivity contribution in [3.63, 3.8) is 0 Å². The Hall–Kier alpha value is -2.78. The molecule has 0 aliphatic heterocycles. The first-order chi connectivity index (χ1) is 14.0. The Kier molecular flexibility index (Phi) is 5.96. The Morgan fingerprint density at radius 3 is 2.37 bits per heavy atom. The lowest BCUT2D eigenvalue weighted by atomic mass is 9.93. The number of nitrogens with zero attached hydrogens (tertiary/aromatic N) is 1. The number of anilines is 2. The van der Waals surface area contributed by atoms with Crippen molar-refractivity contribution in [2.45, 2.75) is 38.0 Å². The van der Waals surface area contributed by atoms with Crippen LogP contribution in [0.15, 0.2) is 52.7 Å². The molecule has 6 nitrogen and oxygen atoms in total. The van der Waals surface area contributed by atoms with Crippen molar-refractivity contribution >= 4 is 38.1 Å². The lowest BCUT2D eigenvalue weighted by Gasteiger charge is -2.14. The van der Waals surface area contributed by atoms with Crippen LogP contribution in [0.5, 0.6) is 0 Å². The number of carbonyl (C=O) groups excluding carboxylic acids is 1. The van der Waals surface area contributed by atoms with Crippen molar-refractivity contribution in [1.82, 2.24) is 4.98 Å². The highest BCUT2D eigenvalue weighted by atomic mass is 32.2. The van der Waals surface area contributed by atoms with Crippen LogP contribution in [0.3, 0.4) is 0 Å². The van der Waals surface area contributed by atoms with Crippen LogP contribution in [0, 0.1) is 12.7 Å². The molecule has 2 aromatic carbocycles. The number of aryl methyl sites for hydroxylation is 1. The summed E-state index contributed by atoms with van der Waals surface area (Å²) >= 11 is 1.31. The molecular formula is C21H22FN3O3S2. The number of carbonyl (C=O) groups is 1. The van der Waals surface area contributed by atoms with Gasteiger partial charge in [-0.3, -0.25) is 14.8 Å². The van der Waals surface area contributed by atoms with Gasteiger partial charge in [0, 0.05) is 22.0 Å². The second-order valence-corrected chi connectivity index (χ2v) is 10.4. The number of aromatic nitrogens is 1. The topological polar surface area (TPSA) is 88.2 Å². The first kappa shape index (κ1) is 21.9. The second kappa shape index (κ2) is 8.16. The van der Waals surface area contributed by atoms with Gasteiger partial charge in [-0.05, 0) is 48.9 Å². The highest BCUT2D eigenvalue weighted by Crippen LogP contribution is 2.27. The van der Waals surface area contributed by atoms with E-state index in [2.05, 4.69) is 15.0 Å². The minimum atomic E-state index is -3.95. The molecular weight excluding hydrogens is 425 g/mol. The Labute approximate surface area is 179 Å². The Bertz CT molecular complexity index is 1180. The number of rotatable bonds is 5. The predicted octanol–water partition coefficient (Wildman–Crippen LogP) is 4.94. The minimum Gasteiger partial charge on any atom is -0.298 e. The van der Waals surface area contributed by atoms with Gasteiger partial charge >= 0.3 is 0 Å². The smallest absolute Gasteiger partial charge is 0.261 e. The molecule has 0 aliphatic carbocycles. The van der Waals surface area contributed by atoms with Crippen LogP contribution in [-0.4, -0.2) is 19.3 Å². The monoisotopic (exact) mass is 447 g/mol. The molecule has 0 atom stereocenters. The summed E-state index contributed by atoms with van der Waals surface area (Å²) < 4.78 is 40.8. The van der Waals surface area contributed by atoms with Crippen molar-refractivity contribution in [3.05, 3.63) is 70.5 Å². The van der Waals surface area contributed by atoms with Gasteiger partial charge in [-0.25, -0.2) is 17.8 Å². The zero-order valence-electron chi connectivity index (χ0n) is 17.0. The second-order valence-electron chi connectivity index (χ2n) is 7.83. The lowest BCUT2D eigenvalue weighted by molar-refractivity contribution is 0.102. The van der Waals surface area contributed by atoms with E-state index in [0.717, 1.165) is 17.8 Å². The summed E-state index contributed by atoms with van der Waals surface area (Å²) in [5, 5.41) is 5.07. The quantitative estimate of drug-likeness (QED) is 0.580. The fourth-order valence-electron chi connectivity index (χ4n) is 2.58. The maximum Gasteiger partial charge on any atom is 0.261 e. The van der Waals surface area contributed by atoms with Crippen LogP contribution < -0.4 is 10.0 Å². The van der Waals surface area contributed by atoms with E-state index in [9.17, 15) is 17.6 Å². The highest BCUT2D eigenvalue weighted by Gasteiger charge is 2.21. The van der Waals surface area contributed by atoms with Crippen molar-refractivity contribution in [1.29, 1.82) is 0 Å². The predicted molar refractivity (Wildman–Crippen MR) is 117 cm³/mol. The van der Waals surface area contributed by atoms with E-state index < -0.39 is 21.7 Å². The number of hydrogen-bond acceptors (Lipinski definition) is 5. The minimum absolute atomic E-state index is 0.0721. The fraction of sp³-hybridized carbons (Fsp3) is 0.238. The molecule has 0 unspecified atom stereocenters. The van der Waals surface area contributed by atoms with E-state index in [4.69, 9.17) is 0 Å². The van der Waals surface area contributed by atoms with Crippen molar-refractivity contribution < 1.29 is 17.6 Å². The number of nitrogens with one attached hydrogen (secondary N) is 2. The summed E-state index contributed by atoms with van der Waals surface area (Å²) in [7, 11) is -3.95. The van der Waals surface area contributed by atoms with Gasteiger partial charge in [-0.1, -0.05) is 26.8 Å². The first-order valence-corrected chi connectivity index (χ1v) is 11.5. The third kappa shape index (κ3) is 5.03. The number of halogens is 1. The van der Waals surface area contributed by atoms with E-state index in [0.29, 0.717) is 10.7 Å². The standard InChI is InChI=1S/C21H22FN3O3S2/c1-13-5-10-16(30(27,28)25-15-8-6-14(22)7-9-15)11-17(13)19(26)24-20-23-18(12-29-20)21(2,3)4/h5-12,25H,1-4H3,(H,23,24,26). The molecule has 0 aliphatic rings. The zero-order valence-corrected chi connectivity index (χ0v) is 18.6. The molecule has 0 saturated heterocycles. The normalized spacial score (nSPS) is 11.9. The fourth-order valence-corrected chi connectivity index (χ4v) is 4.60. The lowest BCUT2D eigenvalue weighted by Crippen LogP contribution is -2.17. The number of amides is 1. The van der Waals surface area contributed by atoms with E-state index >= 15 is 0 Å². The molecule has 1 amide bonds. The largest absolute Gasteiger partial charge is 0.298 e. The van der Waals surface area contributed by atoms with E-state index in [1.807, 2.05) is 26.2 Å². The van der Waals surface area contributed by atoms with Crippen LogP contribution in [0.1, 0.15) is 42.4 Å². The number of sulfonamides is 1. The third-order valence-corrected chi connectivity index (χ3v) is 6.49. The summed E-state index contributed by atoms with van der Waals surface area (Å²) in [4.78, 5) is 17.1. The van der Waals surface area contributed by atoms with Gasteiger partial charge in [0.15, 0.2) is 5.13 Å². The molecule has 30 heavy (non-hydrogen) atoms. The molecule has 3 aromatic rings. The molecule has 9 heteroatoms. The van der Waals surface area contributed by atoms with Gasteiger partial charge in [0.1, 0.15) is 5.82 Å². The molecule has 0 spiro atoms.